The van der Waals surface area contributed by atoms with Gasteiger partial charge in [0.1, 0.15) is 5.75 Å². The van der Waals surface area contributed by atoms with Gasteiger partial charge in [0.05, 0.1) is 0 Å². The zero-order valence-corrected chi connectivity index (χ0v) is 7.69. The van der Waals surface area contributed by atoms with E-state index >= 15 is 0 Å². The van der Waals surface area contributed by atoms with Gasteiger partial charge in [0.2, 0.25) is 0 Å². The molecule has 0 saturated carbocycles. The predicted octanol–water partition coefficient (Wildman–Crippen LogP) is 1.05. The van der Waals surface area contributed by atoms with Gasteiger partial charge in [-0.2, -0.15) is 8.42 Å². The first-order valence-electron chi connectivity index (χ1n) is 3.24. The fourth-order valence-corrected chi connectivity index (χ4v) is 0.628. The molecule has 0 amide bonds. The molecule has 0 aliphatic rings. The summed E-state index contributed by atoms with van der Waals surface area (Å²) in [6.45, 7) is 1.94. The average molecular weight is 206 g/mol. The molecule has 0 saturated heterocycles. The Labute approximate surface area is 76.2 Å². The van der Waals surface area contributed by atoms with E-state index in [-0.39, 0.29) is 0 Å². The van der Waals surface area contributed by atoms with E-state index < -0.39 is 10.4 Å². The quantitative estimate of drug-likeness (QED) is 0.551. The standard InChI is InChI=1S/C7H8O.H2O4S/c1-6-3-2-4-7(8)5-6;1-5(2,3)4/h2-5,8H,1H3;(H2,1,2,3,4). The van der Waals surface area contributed by atoms with Gasteiger partial charge in [0.25, 0.3) is 0 Å². The molecule has 6 heteroatoms. The van der Waals surface area contributed by atoms with E-state index in [1.54, 1.807) is 12.1 Å². The third-order valence-corrected chi connectivity index (χ3v) is 1.00. The van der Waals surface area contributed by atoms with Crippen molar-refractivity contribution in [3.63, 3.8) is 0 Å². The van der Waals surface area contributed by atoms with Gasteiger partial charge in [-0.1, -0.05) is 12.1 Å². The van der Waals surface area contributed by atoms with Crippen LogP contribution in [0.2, 0.25) is 0 Å². The van der Waals surface area contributed by atoms with Gasteiger partial charge in [-0.15, -0.1) is 0 Å². The summed E-state index contributed by atoms with van der Waals surface area (Å²) in [5, 5.41) is 8.81. The van der Waals surface area contributed by atoms with Crippen LogP contribution >= 0.6 is 0 Å². The largest absolute Gasteiger partial charge is 0.508 e. The molecule has 1 aromatic carbocycles. The highest BCUT2D eigenvalue weighted by Crippen LogP contribution is 2.08. The number of phenols is 1. The van der Waals surface area contributed by atoms with Crippen LogP contribution in [0.1, 0.15) is 5.56 Å². The Kier molecular flexibility index (Phi) is 4.39. The van der Waals surface area contributed by atoms with E-state index in [0.717, 1.165) is 5.56 Å². The van der Waals surface area contributed by atoms with Crippen molar-refractivity contribution < 1.29 is 22.6 Å². The summed E-state index contributed by atoms with van der Waals surface area (Å²) in [4.78, 5) is 0. The second-order valence-electron chi connectivity index (χ2n) is 2.29. The van der Waals surface area contributed by atoms with Crippen LogP contribution in [0.5, 0.6) is 5.75 Å². The molecule has 0 heterocycles. The van der Waals surface area contributed by atoms with Gasteiger partial charge >= 0.3 is 10.4 Å². The van der Waals surface area contributed by atoms with Gasteiger partial charge in [-0.05, 0) is 24.6 Å². The van der Waals surface area contributed by atoms with Gasteiger partial charge in [-0.3, -0.25) is 9.11 Å². The topological polar surface area (TPSA) is 94.8 Å². The molecule has 0 fully saturated rings. The van der Waals surface area contributed by atoms with E-state index in [1.807, 2.05) is 19.1 Å². The van der Waals surface area contributed by atoms with Crippen molar-refractivity contribution in [3.8, 4) is 5.75 Å². The van der Waals surface area contributed by atoms with Crippen LogP contribution in [0.25, 0.3) is 0 Å². The number of hydrogen-bond donors (Lipinski definition) is 3. The minimum absolute atomic E-state index is 0.338. The number of phenolic OH excluding ortho intramolecular Hbond substituents is 1. The molecule has 13 heavy (non-hydrogen) atoms. The molecule has 3 N–H and O–H groups in total. The molecule has 0 unspecified atom stereocenters. The van der Waals surface area contributed by atoms with Crippen molar-refractivity contribution >= 4 is 10.4 Å². The zero-order valence-electron chi connectivity index (χ0n) is 6.88. The minimum Gasteiger partial charge on any atom is -0.508 e. The molecule has 0 aliphatic heterocycles. The molecule has 0 spiro atoms. The van der Waals surface area contributed by atoms with Gasteiger partial charge in [0, 0.05) is 0 Å². The van der Waals surface area contributed by atoms with E-state index in [0.29, 0.717) is 5.75 Å². The summed E-state index contributed by atoms with van der Waals surface area (Å²) in [5.41, 5.74) is 1.09. The van der Waals surface area contributed by atoms with Crippen LogP contribution in [-0.2, 0) is 10.4 Å². The normalized spacial score (nSPS) is 10.1. The maximum Gasteiger partial charge on any atom is 0.394 e. The van der Waals surface area contributed by atoms with E-state index in [2.05, 4.69) is 0 Å². The number of benzene rings is 1. The Hall–Kier alpha value is -1.11. The highest BCUT2D eigenvalue weighted by molar-refractivity contribution is 7.79. The van der Waals surface area contributed by atoms with Gasteiger partial charge < -0.3 is 5.11 Å². The van der Waals surface area contributed by atoms with E-state index in [9.17, 15) is 0 Å². The molecule has 0 atom stereocenters. The number of aryl methyl sites for hydroxylation is 1. The number of aromatic hydroxyl groups is 1. The number of hydrogen-bond acceptors (Lipinski definition) is 3. The maximum atomic E-state index is 8.81. The first-order valence-corrected chi connectivity index (χ1v) is 4.64. The Morgan fingerprint density at radius 2 is 1.69 bits per heavy atom. The fraction of sp³-hybridized carbons (Fsp3) is 0.143. The molecule has 0 bridgehead atoms. The zero-order chi connectivity index (χ0) is 10.5. The highest BCUT2D eigenvalue weighted by Gasteiger charge is 1.84. The second-order valence-corrected chi connectivity index (χ2v) is 3.18. The van der Waals surface area contributed by atoms with Crippen molar-refractivity contribution in [3.05, 3.63) is 29.8 Å². The van der Waals surface area contributed by atoms with Crippen molar-refractivity contribution in [1.82, 2.24) is 0 Å². The Bertz CT molecular complexity index is 332. The van der Waals surface area contributed by atoms with Crippen LogP contribution in [0.4, 0.5) is 0 Å². The first kappa shape index (κ1) is 11.9. The molecule has 0 aliphatic carbocycles. The fourth-order valence-electron chi connectivity index (χ4n) is 0.628. The molecule has 1 aromatic rings. The summed E-state index contributed by atoms with van der Waals surface area (Å²) < 4.78 is 31.6. The lowest BCUT2D eigenvalue weighted by molar-refractivity contribution is 0.381. The predicted molar refractivity (Wildman–Crippen MR) is 47.0 cm³/mol. The van der Waals surface area contributed by atoms with E-state index in [1.165, 1.54) is 0 Å². The molecular formula is C7H10O5S. The lowest BCUT2D eigenvalue weighted by Gasteiger charge is -1.89. The molecule has 74 valence electrons. The minimum atomic E-state index is -4.67. The second kappa shape index (κ2) is 4.80. The summed E-state index contributed by atoms with van der Waals surface area (Å²) in [6, 6.07) is 7.15. The van der Waals surface area contributed by atoms with Crippen LogP contribution in [-0.4, -0.2) is 22.6 Å². The SMILES string of the molecule is Cc1cccc(O)c1.O=S(=O)(O)O. The molecule has 0 radical (unpaired) electrons. The van der Waals surface area contributed by atoms with E-state index in [4.69, 9.17) is 22.6 Å². The van der Waals surface area contributed by atoms with Crippen molar-refractivity contribution in [2.75, 3.05) is 0 Å². The number of rotatable bonds is 0. The lowest BCUT2D eigenvalue weighted by atomic mass is 10.2. The lowest BCUT2D eigenvalue weighted by Crippen LogP contribution is -1.89. The third kappa shape index (κ3) is 10.9. The van der Waals surface area contributed by atoms with Crippen LogP contribution in [0.3, 0.4) is 0 Å². The smallest absolute Gasteiger partial charge is 0.394 e. The van der Waals surface area contributed by atoms with Crippen molar-refractivity contribution in [1.29, 1.82) is 0 Å². The molecule has 5 nitrogen and oxygen atoms in total. The summed E-state index contributed by atoms with van der Waals surface area (Å²) in [5.74, 6) is 0.338. The van der Waals surface area contributed by atoms with Crippen molar-refractivity contribution in [2.45, 2.75) is 6.92 Å². The molecule has 0 aromatic heterocycles. The molecule has 1 rings (SSSR count). The Morgan fingerprint density at radius 3 is 1.92 bits per heavy atom. The summed E-state index contributed by atoms with van der Waals surface area (Å²) in [7, 11) is -4.67. The third-order valence-electron chi connectivity index (χ3n) is 1.00. The monoisotopic (exact) mass is 206 g/mol. The molecular weight excluding hydrogens is 196 g/mol. The highest BCUT2D eigenvalue weighted by atomic mass is 32.3. The van der Waals surface area contributed by atoms with Crippen LogP contribution in [0.15, 0.2) is 24.3 Å². The van der Waals surface area contributed by atoms with Crippen LogP contribution in [0, 0.1) is 6.92 Å². The van der Waals surface area contributed by atoms with Gasteiger partial charge in [0.15, 0.2) is 0 Å². The van der Waals surface area contributed by atoms with Crippen molar-refractivity contribution in [2.24, 2.45) is 0 Å². The summed E-state index contributed by atoms with van der Waals surface area (Å²) >= 11 is 0. The summed E-state index contributed by atoms with van der Waals surface area (Å²) in [6.07, 6.45) is 0. The first-order chi connectivity index (χ1) is 5.79. The van der Waals surface area contributed by atoms with Crippen LogP contribution < -0.4 is 0 Å². The Morgan fingerprint density at radius 1 is 1.23 bits per heavy atom. The maximum absolute atomic E-state index is 8.81. The van der Waals surface area contributed by atoms with Gasteiger partial charge in [-0.25, -0.2) is 0 Å². The average Bonchev–Trinajstić information content (AvgIpc) is 1.81. The Balaban J connectivity index is 0.000000252.